The Morgan fingerprint density at radius 3 is 2.83 bits per heavy atom. The topological polar surface area (TPSA) is 65.9 Å². The fraction of sp³-hybridized carbons (Fsp3) is 0.0769. The predicted molar refractivity (Wildman–Crippen MR) is 63.7 cm³/mol. The third kappa shape index (κ3) is 2.09. The zero-order valence-corrected chi connectivity index (χ0v) is 9.53. The van der Waals surface area contributed by atoms with E-state index >= 15 is 0 Å². The Morgan fingerprint density at radius 2 is 2.17 bits per heavy atom. The van der Waals surface area contributed by atoms with Gasteiger partial charge in [0.2, 0.25) is 0 Å². The molecule has 4 nitrogen and oxygen atoms in total. The second-order valence-corrected chi connectivity index (χ2v) is 3.59. The zero-order chi connectivity index (χ0) is 13.1. The third-order valence-corrected chi connectivity index (χ3v) is 2.50. The van der Waals surface area contributed by atoms with Crippen LogP contribution >= 0.6 is 0 Å². The standard InChI is InChI=1S/C13H9FN2O2/c1-18-12-3-2-10(14)5-11(12)9-4-8(6-15)13(17)16-7-9/h2-5,7H,1H3,(H,16,17). The number of hydrogen-bond acceptors (Lipinski definition) is 3. The van der Waals surface area contributed by atoms with Crippen molar-refractivity contribution >= 4 is 0 Å². The van der Waals surface area contributed by atoms with Crippen LogP contribution in [0.15, 0.2) is 35.3 Å². The molecule has 0 atom stereocenters. The summed E-state index contributed by atoms with van der Waals surface area (Å²) in [6, 6.07) is 7.23. The summed E-state index contributed by atoms with van der Waals surface area (Å²) in [7, 11) is 1.47. The summed E-state index contributed by atoms with van der Waals surface area (Å²) >= 11 is 0. The molecule has 0 aliphatic heterocycles. The van der Waals surface area contributed by atoms with Crippen molar-refractivity contribution in [3.8, 4) is 22.9 Å². The van der Waals surface area contributed by atoms with Gasteiger partial charge in [-0.2, -0.15) is 5.26 Å². The maximum Gasteiger partial charge on any atom is 0.265 e. The minimum Gasteiger partial charge on any atom is -0.496 e. The van der Waals surface area contributed by atoms with Gasteiger partial charge in [-0.25, -0.2) is 4.39 Å². The number of benzene rings is 1. The van der Waals surface area contributed by atoms with Crippen LogP contribution in [-0.4, -0.2) is 12.1 Å². The van der Waals surface area contributed by atoms with Gasteiger partial charge in [-0.1, -0.05) is 0 Å². The summed E-state index contributed by atoms with van der Waals surface area (Å²) in [5.41, 5.74) is 0.489. The molecule has 1 aromatic carbocycles. The smallest absolute Gasteiger partial charge is 0.265 e. The van der Waals surface area contributed by atoms with E-state index in [0.29, 0.717) is 16.9 Å². The van der Waals surface area contributed by atoms with E-state index in [1.165, 1.54) is 37.6 Å². The van der Waals surface area contributed by atoms with E-state index in [4.69, 9.17) is 10.00 Å². The lowest BCUT2D eigenvalue weighted by atomic mass is 10.0. The van der Waals surface area contributed by atoms with E-state index in [-0.39, 0.29) is 5.56 Å². The van der Waals surface area contributed by atoms with Crippen LogP contribution in [0.4, 0.5) is 4.39 Å². The molecule has 0 saturated heterocycles. The Morgan fingerprint density at radius 1 is 1.39 bits per heavy atom. The number of H-pyrrole nitrogens is 1. The molecule has 1 N–H and O–H groups in total. The molecule has 18 heavy (non-hydrogen) atoms. The van der Waals surface area contributed by atoms with Crippen LogP contribution in [0.25, 0.3) is 11.1 Å². The van der Waals surface area contributed by atoms with Crippen LogP contribution in [0.3, 0.4) is 0 Å². The van der Waals surface area contributed by atoms with Crippen LogP contribution < -0.4 is 10.3 Å². The molecule has 0 radical (unpaired) electrons. The minimum atomic E-state index is -0.475. The van der Waals surface area contributed by atoms with E-state index < -0.39 is 11.4 Å². The number of rotatable bonds is 2. The molecule has 0 fully saturated rings. The molecular formula is C13H9FN2O2. The van der Waals surface area contributed by atoms with Gasteiger partial charge < -0.3 is 9.72 Å². The van der Waals surface area contributed by atoms with Crippen LogP contribution in [0.5, 0.6) is 5.75 Å². The number of aromatic nitrogens is 1. The molecule has 2 rings (SSSR count). The van der Waals surface area contributed by atoms with Crippen molar-refractivity contribution in [1.29, 1.82) is 5.26 Å². The SMILES string of the molecule is COc1ccc(F)cc1-c1c[nH]c(=O)c(C#N)c1. The lowest BCUT2D eigenvalue weighted by Gasteiger charge is -2.08. The van der Waals surface area contributed by atoms with E-state index in [1.54, 1.807) is 6.07 Å². The molecule has 1 aromatic heterocycles. The lowest BCUT2D eigenvalue weighted by molar-refractivity contribution is 0.415. The Hall–Kier alpha value is -2.61. The molecule has 5 heteroatoms. The van der Waals surface area contributed by atoms with Crippen LogP contribution in [-0.2, 0) is 0 Å². The first kappa shape index (κ1) is 11.9. The van der Waals surface area contributed by atoms with Gasteiger partial charge in [0.1, 0.15) is 23.2 Å². The van der Waals surface area contributed by atoms with Crippen LogP contribution in [0.1, 0.15) is 5.56 Å². The van der Waals surface area contributed by atoms with Crippen molar-refractivity contribution in [1.82, 2.24) is 4.98 Å². The summed E-state index contributed by atoms with van der Waals surface area (Å²) in [5, 5.41) is 8.80. The summed E-state index contributed by atoms with van der Waals surface area (Å²) in [6.45, 7) is 0. The Kier molecular flexibility index (Phi) is 3.11. The summed E-state index contributed by atoms with van der Waals surface area (Å²) in [5.74, 6) is 0.0443. The van der Waals surface area contributed by atoms with E-state index in [9.17, 15) is 9.18 Å². The molecular weight excluding hydrogens is 235 g/mol. The second kappa shape index (κ2) is 4.72. The first-order valence-electron chi connectivity index (χ1n) is 5.12. The van der Waals surface area contributed by atoms with Gasteiger partial charge in [0, 0.05) is 17.3 Å². The Balaban J connectivity index is 2.65. The monoisotopic (exact) mass is 244 g/mol. The van der Waals surface area contributed by atoms with Gasteiger partial charge in [0.15, 0.2) is 0 Å². The first-order chi connectivity index (χ1) is 8.65. The zero-order valence-electron chi connectivity index (χ0n) is 9.53. The highest BCUT2D eigenvalue weighted by Gasteiger charge is 2.09. The number of methoxy groups -OCH3 is 1. The molecule has 1 heterocycles. The first-order valence-corrected chi connectivity index (χ1v) is 5.12. The van der Waals surface area contributed by atoms with Gasteiger partial charge in [-0.15, -0.1) is 0 Å². The van der Waals surface area contributed by atoms with Crippen molar-refractivity contribution < 1.29 is 9.13 Å². The summed E-state index contributed by atoms with van der Waals surface area (Å²) < 4.78 is 18.4. The fourth-order valence-corrected chi connectivity index (χ4v) is 1.63. The van der Waals surface area contributed by atoms with E-state index in [0.717, 1.165) is 0 Å². The molecule has 2 aromatic rings. The van der Waals surface area contributed by atoms with Crippen molar-refractivity contribution in [3.63, 3.8) is 0 Å². The number of nitrogens with zero attached hydrogens (tertiary/aromatic N) is 1. The highest BCUT2D eigenvalue weighted by atomic mass is 19.1. The number of ether oxygens (including phenoxy) is 1. The number of aromatic amines is 1. The Labute approximate surface area is 102 Å². The number of pyridine rings is 1. The molecule has 0 saturated carbocycles. The molecule has 0 aliphatic carbocycles. The number of nitrogens with one attached hydrogen (secondary N) is 1. The van der Waals surface area contributed by atoms with Crippen LogP contribution in [0, 0.1) is 17.1 Å². The van der Waals surface area contributed by atoms with Crippen molar-refractivity contribution in [3.05, 3.63) is 52.2 Å². The van der Waals surface area contributed by atoms with Gasteiger partial charge in [-0.05, 0) is 24.3 Å². The van der Waals surface area contributed by atoms with Crippen molar-refractivity contribution in [2.45, 2.75) is 0 Å². The molecule has 0 spiro atoms. The summed E-state index contributed by atoms with van der Waals surface area (Å²) in [4.78, 5) is 13.7. The van der Waals surface area contributed by atoms with Crippen molar-refractivity contribution in [2.75, 3.05) is 7.11 Å². The number of hydrogen-bond donors (Lipinski definition) is 1. The third-order valence-electron chi connectivity index (χ3n) is 2.50. The van der Waals surface area contributed by atoms with Gasteiger partial charge in [0.25, 0.3) is 5.56 Å². The molecule has 0 unspecified atom stereocenters. The van der Waals surface area contributed by atoms with Crippen LogP contribution in [0.2, 0.25) is 0 Å². The lowest BCUT2D eigenvalue weighted by Crippen LogP contribution is -2.09. The van der Waals surface area contributed by atoms with Gasteiger partial charge >= 0.3 is 0 Å². The van der Waals surface area contributed by atoms with Gasteiger partial charge in [0.05, 0.1) is 7.11 Å². The molecule has 0 aliphatic rings. The largest absolute Gasteiger partial charge is 0.496 e. The highest BCUT2D eigenvalue weighted by Crippen LogP contribution is 2.29. The number of nitriles is 1. The van der Waals surface area contributed by atoms with E-state index in [1.807, 2.05) is 0 Å². The maximum absolute atomic E-state index is 13.2. The summed E-state index contributed by atoms with van der Waals surface area (Å²) in [6.07, 6.45) is 1.42. The molecule has 0 bridgehead atoms. The minimum absolute atomic E-state index is 0.0289. The Bertz CT molecular complexity index is 686. The normalized spacial score (nSPS) is 9.83. The molecule has 90 valence electrons. The second-order valence-electron chi connectivity index (χ2n) is 3.59. The average molecular weight is 244 g/mol. The highest BCUT2D eigenvalue weighted by molar-refractivity contribution is 5.70. The molecule has 0 amide bonds. The average Bonchev–Trinajstić information content (AvgIpc) is 2.39. The number of halogens is 1. The maximum atomic E-state index is 13.2. The quantitative estimate of drug-likeness (QED) is 0.879. The fourth-order valence-electron chi connectivity index (χ4n) is 1.63. The van der Waals surface area contributed by atoms with E-state index in [2.05, 4.69) is 4.98 Å². The van der Waals surface area contributed by atoms with Crippen molar-refractivity contribution in [2.24, 2.45) is 0 Å². The van der Waals surface area contributed by atoms with Gasteiger partial charge in [-0.3, -0.25) is 4.79 Å². The predicted octanol–water partition coefficient (Wildman–Crippen LogP) is 2.06.